The molecule has 0 radical (unpaired) electrons. The number of hydrogen-bond acceptors (Lipinski definition) is 2. The molecule has 0 aliphatic heterocycles. The third kappa shape index (κ3) is 1.89. The van der Waals surface area contributed by atoms with Crippen LogP contribution in [0.5, 0.6) is 0 Å². The van der Waals surface area contributed by atoms with Crippen molar-refractivity contribution in [1.82, 2.24) is 0 Å². The van der Waals surface area contributed by atoms with E-state index in [-0.39, 0.29) is 0 Å². The summed E-state index contributed by atoms with van der Waals surface area (Å²) in [5, 5.41) is 9.13. The molecule has 1 N–H and O–H groups in total. The Labute approximate surface area is 73.8 Å². The molecule has 0 heterocycles. The molecule has 1 rings (SSSR count). The predicted molar refractivity (Wildman–Crippen MR) is 42.0 cm³/mol. The molecule has 0 saturated heterocycles. The topological polar surface area (TPSA) is 37.3 Å². The van der Waals surface area contributed by atoms with Gasteiger partial charge in [0.2, 0.25) is 0 Å². The minimum Gasteiger partial charge on any atom is -0.380 e. The van der Waals surface area contributed by atoms with Gasteiger partial charge in [-0.15, -0.1) is 0 Å². The van der Waals surface area contributed by atoms with E-state index in [2.05, 4.69) is 0 Å². The summed E-state index contributed by atoms with van der Waals surface area (Å²) in [6.07, 6.45) is -1.72. The number of aliphatic hydroxyl groups is 1. The van der Waals surface area contributed by atoms with Gasteiger partial charge in [0.15, 0.2) is 5.78 Å². The molecule has 1 aromatic rings. The van der Waals surface area contributed by atoms with Crippen molar-refractivity contribution in [3.8, 4) is 0 Å². The first-order valence-electron chi connectivity index (χ1n) is 3.66. The van der Waals surface area contributed by atoms with Gasteiger partial charge < -0.3 is 5.11 Å². The number of carbonyl (C=O) groups is 1. The molecule has 0 spiro atoms. The quantitative estimate of drug-likeness (QED) is 0.761. The predicted octanol–water partition coefficient (Wildman–Crippen LogP) is 1.59. The number of hydrogen-bond donors (Lipinski definition) is 1. The number of Topliss-reactive ketones (excluding diaryl/α,β-unsaturated/α-hetero) is 1. The van der Waals surface area contributed by atoms with Crippen LogP contribution in [0.1, 0.15) is 18.6 Å². The zero-order chi connectivity index (χ0) is 10.0. The lowest BCUT2D eigenvalue weighted by Gasteiger charge is -2.08. The van der Waals surface area contributed by atoms with Gasteiger partial charge in [0.1, 0.15) is 17.7 Å². The van der Waals surface area contributed by atoms with E-state index in [1.54, 1.807) is 0 Å². The molecular weight excluding hydrogens is 178 g/mol. The van der Waals surface area contributed by atoms with Gasteiger partial charge in [-0.25, -0.2) is 8.78 Å². The van der Waals surface area contributed by atoms with Crippen molar-refractivity contribution in [3.63, 3.8) is 0 Å². The van der Waals surface area contributed by atoms with Crippen LogP contribution in [0.2, 0.25) is 0 Å². The molecule has 1 atom stereocenters. The fourth-order valence-corrected chi connectivity index (χ4v) is 0.975. The van der Waals surface area contributed by atoms with Gasteiger partial charge >= 0.3 is 0 Å². The minimum absolute atomic E-state index is 0.588. The third-order valence-corrected chi connectivity index (χ3v) is 1.66. The zero-order valence-corrected chi connectivity index (χ0v) is 6.92. The smallest absolute Gasteiger partial charge is 0.162 e. The Balaban J connectivity index is 3.20. The molecule has 70 valence electrons. The van der Waals surface area contributed by atoms with E-state index in [0.717, 1.165) is 19.1 Å². The van der Waals surface area contributed by atoms with Crippen molar-refractivity contribution >= 4 is 5.78 Å². The molecule has 0 aromatic heterocycles. The Hall–Kier alpha value is -1.29. The lowest BCUT2D eigenvalue weighted by atomic mass is 10.1. The highest BCUT2D eigenvalue weighted by molar-refractivity contribution is 5.81. The maximum atomic E-state index is 12.9. The van der Waals surface area contributed by atoms with Crippen LogP contribution in [0.25, 0.3) is 0 Å². The summed E-state index contributed by atoms with van der Waals surface area (Å²) >= 11 is 0. The van der Waals surface area contributed by atoms with E-state index < -0.39 is 29.1 Å². The first-order chi connectivity index (χ1) is 6.04. The number of benzene rings is 1. The Morgan fingerprint density at radius 2 is 1.85 bits per heavy atom. The Bertz CT molecular complexity index is 316. The Morgan fingerprint density at radius 3 is 2.23 bits per heavy atom. The van der Waals surface area contributed by atoms with Gasteiger partial charge in [0, 0.05) is 0 Å². The lowest BCUT2D eigenvalue weighted by Crippen LogP contribution is -2.11. The molecular formula is C9H8F2O2. The van der Waals surface area contributed by atoms with E-state index in [1.807, 2.05) is 0 Å². The first kappa shape index (κ1) is 9.80. The number of carbonyl (C=O) groups excluding carboxylic acids is 1. The molecule has 0 aliphatic rings. The third-order valence-electron chi connectivity index (χ3n) is 1.66. The summed E-state index contributed by atoms with van der Waals surface area (Å²) in [5.41, 5.74) is -0.588. The number of halogens is 2. The summed E-state index contributed by atoms with van der Waals surface area (Å²) in [6, 6.07) is 3.15. The maximum Gasteiger partial charge on any atom is 0.162 e. The molecule has 1 aromatic carbocycles. The highest BCUT2D eigenvalue weighted by atomic mass is 19.1. The van der Waals surface area contributed by atoms with Gasteiger partial charge in [0.25, 0.3) is 0 Å². The first-order valence-corrected chi connectivity index (χ1v) is 3.66. The molecule has 0 saturated carbocycles. The average Bonchev–Trinajstić information content (AvgIpc) is 2.03. The van der Waals surface area contributed by atoms with E-state index in [4.69, 9.17) is 5.11 Å². The summed E-state index contributed by atoms with van der Waals surface area (Å²) < 4.78 is 25.8. The highest BCUT2D eigenvalue weighted by Gasteiger charge is 2.20. The monoisotopic (exact) mass is 186 g/mol. The molecule has 4 heteroatoms. The second kappa shape index (κ2) is 3.62. The highest BCUT2D eigenvalue weighted by Crippen LogP contribution is 2.20. The van der Waals surface area contributed by atoms with E-state index in [0.29, 0.717) is 0 Å². The van der Waals surface area contributed by atoms with Crippen LogP contribution in [0.3, 0.4) is 0 Å². The summed E-state index contributed by atoms with van der Waals surface area (Å²) in [6.45, 7) is 1.07. The molecule has 2 nitrogen and oxygen atoms in total. The van der Waals surface area contributed by atoms with E-state index in [1.165, 1.54) is 6.07 Å². The van der Waals surface area contributed by atoms with Crippen molar-refractivity contribution in [1.29, 1.82) is 0 Å². The van der Waals surface area contributed by atoms with Crippen LogP contribution >= 0.6 is 0 Å². The Morgan fingerprint density at radius 1 is 1.38 bits per heavy atom. The number of rotatable bonds is 2. The van der Waals surface area contributed by atoms with Gasteiger partial charge in [-0.2, -0.15) is 0 Å². The van der Waals surface area contributed by atoms with E-state index >= 15 is 0 Å². The molecule has 13 heavy (non-hydrogen) atoms. The fraction of sp³-hybridized carbons (Fsp3) is 0.222. The zero-order valence-electron chi connectivity index (χ0n) is 6.92. The minimum atomic E-state index is -1.72. The normalized spacial score (nSPS) is 12.6. The van der Waals surface area contributed by atoms with E-state index in [9.17, 15) is 13.6 Å². The SMILES string of the molecule is CC(=O)[C@H](O)c1c(F)cccc1F. The van der Waals surface area contributed by atoms with Crippen molar-refractivity contribution in [3.05, 3.63) is 35.4 Å². The van der Waals surface area contributed by atoms with Crippen LogP contribution in [0.4, 0.5) is 8.78 Å². The van der Waals surface area contributed by atoms with Gasteiger partial charge in [-0.1, -0.05) is 6.07 Å². The van der Waals surface area contributed by atoms with Crippen LogP contribution in [0, 0.1) is 11.6 Å². The van der Waals surface area contributed by atoms with Crippen LogP contribution in [-0.2, 0) is 4.79 Å². The van der Waals surface area contributed by atoms with Crippen molar-refractivity contribution in [2.75, 3.05) is 0 Å². The van der Waals surface area contributed by atoms with Crippen LogP contribution < -0.4 is 0 Å². The summed E-state index contributed by atoms with van der Waals surface area (Å²) in [7, 11) is 0. The summed E-state index contributed by atoms with van der Waals surface area (Å²) in [5.74, 6) is -2.52. The van der Waals surface area contributed by atoms with Gasteiger partial charge in [-0.05, 0) is 19.1 Å². The second-order valence-corrected chi connectivity index (χ2v) is 2.65. The largest absolute Gasteiger partial charge is 0.380 e. The molecule has 0 aliphatic carbocycles. The van der Waals surface area contributed by atoms with Gasteiger partial charge in [-0.3, -0.25) is 4.79 Å². The lowest BCUT2D eigenvalue weighted by molar-refractivity contribution is -0.125. The second-order valence-electron chi connectivity index (χ2n) is 2.65. The molecule has 0 fully saturated rings. The van der Waals surface area contributed by atoms with Crippen molar-refractivity contribution in [2.45, 2.75) is 13.0 Å². The molecule has 0 amide bonds. The Kier molecular flexibility index (Phi) is 2.72. The van der Waals surface area contributed by atoms with Crippen LogP contribution in [-0.4, -0.2) is 10.9 Å². The molecule has 0 bridgehead atoms. The maximum absolute atomic E-state index is 12.9. The van der Waals surface area contributed by atoms with Crippen molar-refractivity contribution in [2.24, 2.45) is 0 Å². The fourth-order valence-electron chi connectivity index (χ4n) is 0.975. The van der Waals surface area contributed by atoms with Crippen molar-refractivity contribution < 1.29 is 18.7 Å². The number of aliphatic hydroxyl groups excluding tert-OH is 1. The molecule has 0 unspecified atom stereocenters. The van der Waals surface area contributed by atoms with Gasteiger partial charge in [0.05, 0.1) is 5.56 Å². The van der Waals surface area contributed by atoms with Crippen LogP contribution in [0.15, 0.2) is 18.2 Å². The number of ketones is 1. The summed E-state index contributed by atoms with van der Waals surface area (Å²) in [4.78, 5) is 10.7. The average molecular weight is 186 g/mol. The standard InChI is InChI=1S/C9H8F2O2/c1-5(12)9(13)8-6(10)3-2-4-7(8)11/h2-4,9,13H,1H3/t9-/m0/s1.